The van der Waals surface area contributed by atoms with Crippen molar-refractivity contribution in [2.45, 2.75) is 19.4 Å². The highest BCUT2D eigenvalue weighted by atomic mass is 32.1. The number of nitrogens with one attached hydrogen (secondary N) is 3. The van der Waals surface area contributed by atoms with E-state index in [1.54, 1.807) is 0 Å². The maximum Gasteiger partial charge on any atom is 0.263 e. The van der Waals surface area contributed by atoms with Gasteiger partial charge in [-0.1, -0.05) is 6.92 Å². The average Bonchev–Trinajstić information content (AvgIpc) is 3.02. The number of hydrogen-bond donors (Lipinski definition) is 3. The molecule has 1 aromatic carbocycles. The molecular formula is C20H17FN6OS. The zero-order valence-corrected chi connectivity index (χ0v) is 16.3. The number of hydrogen-bond acceptors (Lipinski definition) is 7. The molecule has 3 N–H and O–H groups in total. The fourth-order valence-electron chi connectivity index (χ4n) is 3.51. The topological polar surface area (TPSA) is 91.8 Å². The summed E-state index contributed by atoms with van der Waals surface area (Å²) >= 11 is 1.48. The van der Waals surface area contributed by atoms with Crippen LogP contribution in [0, 0.1) is 5.95 Å². The summed E-state index contributed by atoms with van der Waals surface area (Å²) in [5, 5.41) is 11.5. The van der Waals surface area contributed by atoms with E-state index in [1.807, 2.05) is 24.3 Å². The molecule has 0 unspecified atom stereocenters. The zero-order chi connectivity index (χ0) is 20.0. The summed E-state index contributed by atoms with van der Waals surface area (Å²) in [7, 11) is 0. The van der Waals surface area contributed by atoms with Crippen LogP contribution in [-0.4, -0.2) is 33.4 Å². The first kappa shape index (κ1) is 17.7. The van der Waals surface area contributed by atoms with Gasteiger partial charge in [0.05, 0.1) is 11.2 Å². The van der Waals surface area contributed by atoms with E-state index in [0.717, 1.165) is 39.4 Å². The van der Waals surface area contributed by atoms with Crippen molar-refractivity contribution >= 4 is 55.6 Å². The number of amides is 1. The van der Waals surface area contributed by atoms with Crippen LogP contribution in [0.3, 0.4) is 0 Å². The van der Waals surface area contributed by atoms with Gasteiger partial charge in [-0.2, -0.15) is 4.39 Å². The lowest BCUT2D eigenvalue weighted by Gasteiger charge is -2.13. The van der Waals surface area contributed by atoms with Gasteiger partial charge >= 0.3 is 0 Å². The van der Waals surface area contributed by atoms with Crippen LogP contribution in [0.1, 0.15) is 23.0 Å². The van der Waals surface area contributed by atoms with Crippen LogP contribution in [-0.2, 0) is 0 Å². The Bertz CT molecular complexity index is 1260. The Labute approximate surface area is 169 Å². The number of carbonyl (C=O) groups excluding carboxylic acids is 1. The number of rotatable bonds is 3. The van der Waals surface area contributed by atoms with Crippen LogP contribution >= 0.6 is 11.3 Å². The minimum atomic E-state index is -0.610. The van der Waals surface area contributed by atoms with Crippen molar-refractivity contribution in [3.8, 4) is 0 Å². The van der Waals surface area contributed by atoms with Crippen molar-refractivity contribution in [2.75, 3.05) is 17.2 Å². The SMILES string of the molecule is CC[C@@H]1CNc2c(sc3ccc4nc(Nc5cc(F)ncn5)ccc4c23)C(=O)N1. The van der Waals surface area contributed by atoms with Gasteiger partial charge < -0.3 is 16.0 Å². The first-order chi connectivity index (χ1) is 14.1. The molecule has 1 atom stereocenters. The van der Waals surface area contributed by atoms with Crippen molar-refractivity contribution in [3.63, 3.8) is 0 Å². The highest BCUT2D eigenvalue weighted by Gasteiger charge is 2.25. The second-order valence-corrected chi connectivity index (χ2v) is 7.87. The van der Waals surface area contributed by atoms with Gasteiger partial charge in [-0.3, -0.25) is 4.79 Å². The Hall–Kier alpha value is -3.33. The number of halogens is 1. The summed E-state index contributed by atoms with van der Waals surface area (Å²) < 4.78 is 14.3. The lowest BCUT2D eigenvalue weighted by Crippen LogP contribution is -2.36. The summed E-state index contributed by atoms with van der Waals surface area (Å²) in [6.07, 6.45) is 2.02. The van der Waals surface area contributed by atoms with E-state index in [4.69, 9.17) is 0 Å². The predicted octanol–water partition coefficient (Wildman–Crippen LogP) is 4.06. The molecule has 146 valence electrons. The number of nitrogens with zero attached hydrogens (tertiary/aromatic N) is 3. The molecule has 0 saturated heterocycles. The molecule has 0 spiro atoms. The molecule has 1 amide bonds. The van der Waals surface area contributed by atoms with Gasteiger partial charge in [-0.15, -0.1) is 11.3 Å². The van der Waals surface area contributed by atoms with Crippen LogP contribution in [0.2, 0.25) is 0 Å². The first-order valence-electron chi connectivity index (χ1n) is 9.28. The van der Waals surface area contributed by atoms with E-state index in [0.29, 0.717) is 23.1 Å². The van der Waals surface area contributed by atoms with Gasteiger partial charge in [-0.25, -0.2) is 15.0 Å². The fraction of sp³-hybridized carbons (Fsp3) is 0.200. The van der Waals surface area contributed by atoms with Gasteiger partial charge in [0.15, 0.2) is 0 Å². The smallest absolute Gasteiger partial charge is 0.263 e. The highest BCUT2D eigenvalue weighted by molar-refractivity contribution is 7.21. The molecule has 0 fully saturated rings. The number of aromatic nitrogens is 3. The average molecular weight is 408 g/mol. The Balaban J connectivity index is 1.59. The normalized spacial score (nSPS) is 16.2. The largest absolute Gasteiger partial charge is 0.381 e. The van der Waals surface area contributed by atoms with Gasteiger partial charge in [0, 0.05) is 34.1 Å². The van der Waals surface area contributed by atoms with E-state index in [-0.39, 0.29) is 11.9 Å². The van der Waals surface area contributed by atoms with Gasteiger partial charge in [0.25, 0.3) is 5.91 Å². The van der Waals surface area contributed by atoms with Gasteiger partial charge in [0.2, 0.25) is 5.95 Å². The third-order valence-corrected chi connectivity index (χ3v) is 6.13. The number of benzene rings is 1. The summed E-state index contributed by atoms with van der Waals surface area (Å²) in [6.45, 7) is 2.74. The van der Waals surface area contributed by atoms with Crippen molar-refractivity contribution in [1.82, 2.24) is 20.3 Å². The molecule has 4 aromatic rings. The van der Waals surface area contributed by atoms with E-state index in [1.165, 1.54) is 17.4 Å². The molecule has 9 heteroatoms. The standard InChI is InChI=1S/C20H17FN6OS/c1-2-10-8-22-18-17-11-3-6-15(27-16-7-14(21)23-9-24-16)26-12(11)4-5-13(17)29-19(18)20(28)25-10/h3-7,9-10,22H,2,8H2,1H3,(H,25,28)(H,23,24,26,27)/t10-/m1/s1. The van der Waals surface area contributed by atoms with Crippen LogP contribution in [0.15, 0.2) is 36.7 Å². The monoisotopic (exact) mass is 408 g/mol. The molecule has 5 rings (SSSR count). The number of carbonyl (C=O) groups is 1. The molecule has 0 radical (unpaired) electrons. The number of fused-ring (bicyclic) bond motifs is 5. The molecule has 0 saturated carbocycles. The van der Waals surface area contributed by atoms with Crippen LogP contribution < -0.4 is 16.0 Å². The van der Waals surface area contributed by atoms with E-state index in [2.05, 4.69) is 37.8 Å². The van der Waals surface area contributed by atoms with Crippen molar-refractivity contribution < 1.29 is 9.18 Å². The number of pyridine rings is 1. The minimum Gasteiger partial charge on any atom is -0.381 e. The lowest BCUT2D eigenvalue weighted by atomic mass is 10.1. The fourth-order valence-corrected chi connectivity index (χ4v) is 4.60. The van der Waals surface area contributed by atoms with E-state index < -0.39 is 5.95 Å². The van der Waals surface area contributed by atoms with Crippen LogP contribution in [0.25, 0.3) is 21.0 Å². The Morgan fingerprint density at radius 1 is 1.24 bits per heavy atom. The molecule has 1 aliphatic heterocycles. The molecule has 3 aromatic heterocycles. The molecule has 0 aliphatic carbocycles. The van der Waals surface area contributed by atoms with E-state index >= 15 is 0 Å². The summed E-state index contributed by atoms with van der Waals surface area (Å²) in [6, 6.07) is 8.99. The third kappa shape index (κ3) is 3.13. The quantitative estimate of drug-likeness (QED) is 0.443. The maximum atomic E-state index is 13.3. The van der Waals surface area contributed by atoms with Crippen molar-refractivity contribution in [3.05, 3.63) is 47.5 Å². The second-order valence-electron chi connectivity index (χ2n) is 6.82. The molecule has 0 bridgehead atoms. The number of thiophene rings is 1. The predicted molar refractivity (Wildman–Crippen MR) is 112 cm³/mol. The molecule has 1 aliphatic rings. The summed E-state index contributed by atoms with van der Waals surface area (Å²) in [5.74, 6) is 0.232. The Kier molecular flexibility index (Phi) is 4.24. The Morgan fingerprint density at radius 3 is 2.97 bits per heavy atom. The highest BCUT2D eigenvalue weighted by Crippen LogP contribution is 2.41. The van der Waals surface area contributed by atoms with Crippen molar-refractivity contribution in [2.24, 2.45) is 0 Å². The maximum absolute atomic E-state index is 13.3. The number of anilines is 3. The van der Waals surface area contributed by atoms with Gasteiger partial charge in [0.1, 0.15) is 22.8 Å². The van der Waals surface area contributed by atoms with Crippen LogP contribution in [0.5, 0.6) is 0 Å². The molecule has 4 heterocycles. The first-order valence-corrected chi connectivity index (χ1v) is 10.1. The second kappa shape index (κ2) is 6.93. The summed E-state index contributed by atoms with van der Waals surface area (Å²) in [4.78, 5) is 25.4. The minimum absolute atomic E-state index is 0.0387. The molecule has 7 nitrogen and oxygen atoms in total. The lowest BCUT2D eigenvalue weighted by molar-refractivity contribution is 0.0945. The third-order valence-electron chi connectivity index (χ3n) is 4.97. The van der Waals surface area contributed by atoms with Crippen molar-refractivity contribution in [1.29, 1.82) is 0 Å². The zero-order valence-electron chi connectivity index (χ0n) is 15.5. The van der Waals surface area contributed by atoms with Gasteiger partial charge in [-0.05, 0) is 30.7 Å². The van der Waals surface area contributed by atoms with E-state index in [9.17, 15) is 9.18 Å². The molecular weight excluding hydrogens is 391 g/mol. The Morgan fingerprint density at radius 2 is 2.14 bits per heavy atom. The molecule has 29 heavy (non-hydrogen) atoms. The summed E-state index contributed by atoms with van der Waals surface area (Å²) in [5.41, 5.74) is 1.64. The van der Waals surface area contributed by atoms with Crippen LogP contribution in [0.4, 0.5) is 21.7 Å².